The van der Waals surface area contributed by atoms with Crippen LogP contribution in [0, 0.1) is 0 Å². The van der Waals surface area contributed by atoms with Crippen molar-refractivity contribution in [2.24, 2.45) is 0 Å². The molecule has 1 aliphatic heterocycles. The minimum absolute atomic E-state index is 0.0359. The molecular formula is C27H25N7O5. The molecule has 0 fully saturated rings. The molecule has 0 saturated carbocycles. The molecule has 5 rings (SSSR count). The molecule has 12 nitrogen and oxygen atoms in total. The number of fused-ring (bicyclic) bond motifs is 2. The molecule has 2 aromatic heterocycles. The lowest BCUT2D eigenvalue weighted by Crippen LogP contribution is -2.28. The summed E-state index contributed by atoms with van der Waals surface area (Å²) in [5, 5.41) is 12.5. The number of hydrogen-bond donors (Lipinski definition) is 3. The number of amides is 4. The predicted molar refractivity (Wildman–Crippen MR) is 140 cm³/mol. The Morgan fingerprint density at radius 2 is 1.69 bits per heavy atom. The van der Waals surface area contributed by atoms with E-state index in [1.807, 2.05) is 0 Å². The Hall–Kier alpha value is -5.26. The first-order valence-corrected chi connectivity index (χ1v) is 12.1. The van der Waals surface area contributed by atoms with Gasteiger partial charge in [0.05, 0.1) is 11.9 Å². The average molecular weight is 528 g/mol. The van der Waals surface area contributed by atoms with E-state index >= 15 is 0 Å². The SMILES string of the molecule is CN(C)C(=O)c1ccc(CNC(=O)c2cc(C(=O)NCc3ccc4c(c3)NC(=O)CO4)nc3ccnn23)cc1. The Morgan fingerprint density at radius 3 is 2.46 bits per heavy atom. The van der Waals surface area contributed by atoms with Gasteiger partial charge < -0.3 is 25.6 Å². The summed E-state index contributed by atoms with van der Waals surface area (Å²) in [6.45, 7) is 0.341. The zero-order chi connectivity index (χ0) is 27.5. The van der Waals surface area contributed by atoms with Crippen LogP contribution in [-0.4, -0.2) is 63.8 Å². The second-order valence-corrected chi connectivity index (χ2v) is 9.06. The van der Waals surface area contributed by atoms with Crippen LogP contribution < -0.4 is 20.7 Å². The molecule has 0 spiro atoms. The van der Waals surface area contributed by atoms with E-state index < -0.39 is 11.8 Å². The van der Waals surface area contributed by atoms with E-state index in [1.54, 1.807) is 62.6 Å². The van der Waals surface area contributed by atoms with Crippen molar-refractivity contribution in [1.29, 1.82) is 0 Å². The molecular weight excluding hydrogens is 502 g/mol. The fraction of sp³-hybridized carbons (Fsp3) is 0.185. The van der Waals surface area contributed by atoms with Gasteiger partial charge in [-0.25, -0.2) is 9.50 Å². The molecule has 1 aliphatic rings. The van der Waals surface area contributed by atoms with Crippen LogP contribution in [0.4, 0.5) is 5.69 Å². The lowest BCUT2D eigenvalue weighted by Gasteiger charge is -2.18. The van der Waals surface area contributed by atoms with Gasteiger partial charge in [0.15, 0.2) is 12.3 Å². The molecule has 3 heterocycles. The number of nitrogens with one attached hydrogen (secondary N) is 3. The van der Waals surface area contributed by atoms with Gasteiger partial charge in [-0.05, 0) is 35.4 Å². The van der Waals surface area contributed by atoms with Crippen LogP contribution in [0.15, 0.2) is 60.8 Å². The van der Waals surface area contributed by atoms with E-state index in [9.17, 15) is 19.2 Å². The van der Waals surface area contributed by atoms with Gasteiger partial charge >= 0.3 is 0 Å². The lowest BCUT2D eigenvalue weighted by molar-refractivity contribution is -0.118. The van der Waals surface area contributed by atoms with Gasteiger partial charge in [-0.15, -0.1) is 0 Å². The Morgan fingerprint density at radius 1 is 0.974 bits per heavy atom. The summed E-state index contributed by atoms with van der Waals surface area (Å²) in [7, 11) is 3.36. The van der Waals surface area contributed by atoms with Gasteiger partial charge in [-0.2, -0.15) is 5.10 Å². The largest absolute Gasteiger partial charge is 0.482 e. The molecule has 0 radical (unpaired) electrons. The minimum Gasteiger partial charge on any atom is -0.482 e. The highest BCUT2D eigenvalue weighted by Gasteiger charge is 2.19. The second kappa shape index (κ2) is 10.6. The van der Waals surface area contributed by atoms with Crippen molar-refractivity contribution in [3.8, 4) is 5.75 Å². The van der Waals surface area contributed by atoms with Crippen LogP contribution in [0.2, 0.25) is 0 Å². The van der Waals surface area contributed by atoms with Crippen LogP contribution >= 0.6 is 0 Å². The first-order chi connectivity index (χ1) is 18.8. The van der Waals surface area contributed by atoms with Crippen molar-refractivity contribution < 1.29 is 23.9 Å². The lowest BCUT2D eigenvalue weighted by atomic mass is 10.1. The van der Waals surface area contributed by atoms with E-state index in [-0.39, 0.29) is 42.9 Å². The van der Waals surface area contributed by atoms with Gasteiger partial charge in [0, 0.05) is 44.9 Å². The van der Waals surface area contributed by atoms with Crippen LogP contribution in [0.5, 0.6) is 5.75 Å². The van der Waals surface area contributed by atoms with Crippen molar-refractivity contribution in [2.75, 3.05) is 26.0 Å². The standard InChI is InChI=1S/C27H25N7O5/c1-33(2)27(38)18-6-3-16(4-7-18)13-29-26(37)21-12-20(31-23-9-10-30-34(21)23)25(36)28-14-17-5-8-22-19(11-17)32-24(35)15-39-22/h3-12H,13-15H2,1-2H3,(H,28,36)(H,29,37)(H,32,35). The van der Waals surface area contributed by atoms with E-state index in [1.165, 1.54) is 21.7 Å². The van der Waals surface area contributed by atoms with E-state index in [2.05, 4.69) is 26.0 Å². The molecule has 0 aliphatic carbocycles. The normalized spacial score (nSPS) is 12.2. The van der Waals surface area contributed by atoms with Crippen LogP contribution in [0.3, 0.4) is 0 Å². The molecule has 0 saturated heterocycles. The predicted octanol–water partition coefficient (Wildman–Crippen LogP) is 1.62. The van der Waals surface area contributed by atoms with Crippen LogP contribution in [0.25, 0.3) is 5.65 Å². The summed E-state index contributed by atoms with van der Waals surface area (Å²) in [5.41, 5.74) is 3.16. The number of rotatable bonds is 7. The molecule has 0 bridgehead atoms. The zero-order valence-electron chi connectivity index (χ0n) is 21.2. The minimum atomic E-state index is -0.480. The van der Waals surface area contributed by atoms with Gasteiger partial charge in [-0.1, -0.05) is 18.2 Å². The molecule has 2 aromatic carbocycles. The van der Waals surface area contributed by atoms with Gasteiger partial charge in [-0.3, -0.25) is 19.2 Å². The van der Waals surface area contributed by atoms with Crippen LogP contribution in [0.1, 0.15) is 42.5 Å². The maximum atomic E-state index is 13.1. The molecule has 12 heteroatoms. The third-order valence-electron chi connectivity index (χ3n) is 6.01. The van der Waals surface area contributed by atoms with Crippen molar-refractivity contribution in [2.45, 2.75) is 13.1 Å². The van der Waals surface area contributed by atoms with Gasteiger partial charge in [0.25, 0.3) is 23.6 Å². The molecule has 0 unspecified atom stereocenters. The number of hydrogen-bond acceptors (Lipinski definition) is 7. The summed E-state index contributed by atoms with van der Waals surface area (Å²) in [4.78, 5) is 55.5. The number of carbonyl (C=O) groups excluding carboxylic acids is 4. The van der Waals surface area contributed by atoms with Gasteiger partial charge in [0.1, 0.15) is 17.1 Å². The second-order valence-electron chi connectivity index (χ2n) is 9.06. The number of carbonyl (C=O) groups is 4. The van der Waals surface area contributed by atoms with Crippen molar-refractivity contribution in [3.63, 3.8) is 0 Å². The Kier molecular flexibility index (Phi) is 6.91. The summed E-state index contributed by atoms with van der Waals surface area (Å²) in [5.74, 6) is -0.719. The van der Waals surface area contributed by atoms with Crippen molar-refractivity contribution >= 4 is 35.0 Å². The van der Waals surface area contributed by atoms with E-state index in [0.29, 0.717) is 22.6 Å². The molecule has 0 atom stereocenters. The fourth-order valence-corrected chi connectivity index (χ4v) is 4.00. The summed E-state index contributed by atoms with van der Waals surface area (Å²) in [6.07, 6.45) is 1.49. The number of nitrogens with zero attached hydrogens (tertiary/aromatic N) is 4. The van der Waals surface area contributed by atoms with Crippen molar-refractivity contribution in [1.82, 2.24) is 30.1 Å². The fourth-order valence-electron chi connectivity index (χ4n) is 4.00. The third kappa shape index (κ3) is 5.54. The molecule has 198 valence electrons. The average Bonchev–Trinajstić information content (AvgIpc) is 3.42. The molecule has 4 aromatic rings. The molecule has 39 heavy (non-hydrogen) atoms. The van der Waals surface area contributed by atoms with Crippen LogP contribution in [-0.2, 0) is 17.9 Å². The molecule has 4 amide bonds. The topological polar surface area (TPSA) is 147 Å². The van der Waals surface area contributed by atoms with Gasteiger partial charge in [0.2, 0.25) is 0 Å². The monoisotopic (exact) mass is 527 g/mol. The summed E-state index contributed by atoms with van der Waals surface area (Å²) in [6, 6.07) is 15.2. The highest BCUT2D eigenvalue weighted by Crippen LogP contribution is 2.28. The third-order valence-corrected chi connectivity index (χ3v) is 6.01. The smallest absolute Gasteiger partial charge is 0.270 e. The van der Waals surface area contributed by atoms with Crippen molar-refractivity contribution in [3.05, 3.63) is 88.9 Å². The Labute approximate surface area is 223 Å². The zero-order valence-corrected chi connectivity index (χ0v) is 21.2. The van der Waals surface area contributed by atoms with E-state index in [0.717, 1.165) is 11.1 Å². The van der Waals surface area contributed by atoms with E-state index in [4.69, 9.17) is 4.74 Å². The quantitative estimate of drug-likeness (QED) is 0.331. The number of ether oxygens (including phenoxy) is 1. The number of benzene rings is 2. The number of aromatic nitrogens is 3. The highest BCUT2D eigenvalue weighted by atomic mass is 16.5. The summed E-state index contributed by atoms with van der Waals surface area (Å²) >= 11 is 0. The number of anilines is 1. The first-order valence-electron chi connectivity index (χ1n) is 12.1. The highest BCUT2D eigenvalue weighted by molar-refractivity contribution is 5.98. The summed E-state index contributed by atoms with van der Waals surface area (Å²) < 4.78 is 6.71. The molecule has 3 N–H and O–H groups in total. The Balaban J connectivity index is 1.27. The Bertz CT molecular complexity index is 1590. The first kappa shape index (κ1) is 25.4. The maximum Gasteiger partial charge on any atom is 0.270 e. The maximum absolute atomic E-state index is 13.1.